The number of halogens is 1. The average molecular weight is 516 g/mol. The molecule has 2 fully saturated rings. The van der Waals surface area contributed by atoms with Crippen molar-refractivity contribution in [3.05, 3.63) is 35.4 Å². The Kier molecular flexibility index (Phi) is 10.7. The monoisotopic (exact) mass is 516 g/mol. The van der Waals surface area contributed by atoms with Crippen molar-refractivity contribution >= 4 is 29.9 Å². The molecule has 0 aliphatic carbocycles. The number of hydrogen-bond donors (Lipinski definition) is 2. The van der Waals surface area contributed by atoms with Gasteiger partial charge in [-0.15, -0.1) is 24.0 Å². The number of ether oxygens (including phenoxy) is 2. The summed E-state index contributed by atoms with van der Waals surface area (Å²) in [4.78, 5) is 7.44. The zero-order chi connectivity index (χ0) is 19.7. The van der Waals surface area contributed by atoms with Crippen molar-refractivity contribution in [3.8, 4) is 0 Å². The lowest BCUT2D eigenvalue weighted by atomic mass is 9.72. The molecule has 1 aromatic rings. The minimum Gasteiger partial charge on any atom is -0.381 e. The second kappa shape index (κ2) is 12.7. The van der Waals surface area contributed by atoms with Gasteiger partial charge in [0.1, 0.15) is 0 Å². The van der Waals surface area contributed by atoms with E-state index in [4.69, 9.17) is 14.5 Å². The van der Waals surface area contributed by atoms with Gasteiger partial charge < -0.3 is 20.1 Å². The molecule has 0 radical (unpaired) electrons. The Morgan fingerprint density at radius 2 is 1.76 bits per heavy atom. The standard InChI is InChI=1S/C22H36N4O2.HI/c1-3-23-21(24-10-11-26-12-16-28-17-13-26)25-18-22(8-14-27-15-9-22)20-7-5-4-6-19(20)2;/h4-7H,3,8-18H2,1-2H3,(H2,23,24,25);1H. The normalized spacial score (nSPS) is 20.0. The number of nitrogens with zero attached hydrogens (tertiary/aromatic N) is 2. The van der Waals surface area contributed by atoms with E-state index in [1.54, 1.807) is 0 Å². The topological polar surface area (TPSA) is 58.1 Å². The van der Waals surface area contributed by atoms with Gasteiger partial charge in [0.05, 0.1) is 19.8 Å². The Bertz CT molecular complexity index is 629. The summed E-state index contributed by atoms with van der Waals surface area (Å²) in [6, 6.07) is 8.75. The summed E-state index contributed by atoms with van der Waals surface area (Å²) in [5.74, 6) is 0.912. The molecule has 2 heterocycles. The van der Waals surface area contributed by atoms with Crippen molar-refractivity contribution in [1.82, 2.24) is 15.5 Å². The van der Waals surface area contributed by atoms with E-state index in [-0.39, 0.29) is 29.4 Å². The van der Waals surface area contributed by atoms with Crippen LogP contribution in [0.2, 0.25) is 0 Å². The minimum atomic E-state index is 0. The summed E-state index contributed by atoms with van der Waals surface area (Å²) in [5.41, 5.74) is 2.84. The Labute approximate surface area is 192 Å². The molecule has 0 saturated carbocycles. The Morgan fingerprint density at radius 3 is 2.45 bits per heavy atom. The van der Waals surface area contributed by atoms with Gasteiger partial charge in [-0.3, -0.25) is 9.89 Å². The number of guanidine groups is 1. The lowest BCUT2D eigenvalue weighted by Gasteiger charge is -2.37. The van der Waals surface area contributed by atoms with Gasteiger partial charge in [0.2, 0.25) is 0 Å². The van der Waals surface area contributed by atoms with E-state index < -0.39 is 0 Å². The molecule has 164 valence electrons. The lowest BCUT2D eigenvalue weighted by Crippen LogP contribution is -2.45. The molecular weight excluding hydrogens is 479 g/mol. The Morgan fingerprint density at radius 1 is 1.07 bits per heavy atom. The molecule has 2 N–H and O–H groups in total. The number of benzene rings is 1. The van der Waals surface area contributed by atoms with Gasteiger partial charge in [-0.2, -0.15) is 0 Å². The van der Waals surface area contributed by atoms with E-state index in [2.05, 4.69) is 53.6 Å². The first-order valence-corrected chi connectivity index (χ1v) is 10.7. The number of aliphatic imine (C=N–C) groups is 1. The van der Waals surface area contributed by atoms with Gasteiger partial charge in [0, 0.05) is 51.4 Å². The molecule has 1 aromatic carbocycles. The largest absolute Gasteiger partial charge is 0.381 e. The molecule has 2 aliphatic rings. The number of hydrogen-bond acceptors (Lipinski definition) is 4. The number of morpholine rings is 1. The third-order valence-corrected chi connectivity index (χ3v) is 5.87. The van der Waals surface area contributed by atoms with Crippen LogP contribution in [0, 0.1) is 6.92 Å². The quantitative estimate of drug-likeness (QED) is 0.332. The van der Waals surface area contributed by atoms with Crippen LogP contribution in [-0.2, 0) is 14.9 Å². The van der Waals surface area contributed by atoms with Crippen LogP contribution in [0.3, 0.4) is 0 Å². The van der Waals surface area contributed by atoms with Crippen LogP contribution in [0.5, 0.6) is 0 Å². The lowest BCUT2D eigenvalue weighted by molar-refractivity contribution is 0.0389. The first-order valence-electron chi connectivity index (χ1n) is 10.7. The first-order chi connectivity index (χ1) is 13.7. The molecule has 6 nitrogen and oxygen atoms in total. The summed E-state index contributed by atoms with van der Waals surface area (Å²) < 4.78 is 11.1. The number of nitrogens with one attached hydrogen (secondary N) is 2. The average Bonchev–Trinajstić information content (AvgIpc) is 2.74. The van der Waals surface area contributed by atoms with Gasteiger partial charge >= 0.3 is 0 Å². The van der Waals surface area contributed by atoms with Gasteiger partial charge in [0.15, 0.2) is 5.96 Å². The third-order valence-electron chi connectivity index (χ3n) is 5.87. The molecule has 0 unspecified atom stereocenters. The molecule has 2 saturated heterocycles. The maximum Gasteiger partial charge on any atom is 0.191 e. The van der Waals surface area contributed by atoms with Crippen LogP contribution in [0.4, 0.5) is 0 Å². The van der Waals surface area contributed by atoms with E-state index in [1.165, 1.54) is 11.1 Å². The fourth-order valence-corrected chi connectivity index (χ4v) is 4.17. The maximum atomic E-state index is 5.68. The highest BCUT2D eigenvalue weighted by atomic mass is 127. The van der Waals surface area contributed by atoms with Crippen molar-refractivity contribution in [2.45, 2.75) is 32.1 Å². The smallest absolute Gasteiger partial charge is 0.191 e. The summed E-state index contributed by atoms with van der Waals surface area (Å²) in [7, 11) is 0. The fourth-order valence-electron chi connectivity index (χ4n) is 4.17. The summed E-state index contributed by atoms with van der Waals surface area (Å²) >= 11 is 0. The van der Waals surface area contributed by atoms with Gasteiger partial charge in [-0.25, -0.2) is 0 Å². The predicted octanol–water partition coefficient (Wildman–Crippen LogP) is 2.55. The molecule has 0 aromatic heterocycles. The van der Waals surface area contributed by atoms with Crippen molar-refractivity contribution < 1.29 is 9.47 Å². The minimum absolute atomic E-state index is 0. The molecular formula is C22H37IN4O2. The molecule has 0 bridgehead atoms. The van der Waals surface area contributed by atoms with E-state index in [9.17, 15) is 0 Å². The van der Waals surface area contributed by atoms with Crippen LogP contribution in [0.25, 0.3) is 0 Å². The zero-order valence-electron chi connectivity index (χ0n) is 17.9. The summed E-state index contributed by atoms with van der Waals surface area (Å²) in [5, 5.41) is 6.92. The van der Waals surface area contributed by atoms with Gasteiger partial charge in [0.25, 0.3) is 0 Å². The molecule has 0 amide bonds. The molecule has 29 heavy (non-hydrogen) atoms. The SMILES string of the molecule is CCNC(=NCC1(c2ccccc2C)CCOCC1)NCCN1CCOCC1.I. The number of rotatable bonds is 7. The van der Waals surface area contributed by atoms with E-state index in [1.807, 2.05) is 0 Å². The van der Waals surface area contributed by atoms with Crippen molar-refractivity contribution in [2.75, 3.05) is 65.7 Å². The van der Waals surface area contributed by atoms with Crippen molar-refractivity contribution in [2.24, 2.45) is 4.99 Å². The highest BCUT2D eigenvalue weighted by Gasteiger charge is 2.35. The highest BCUT2D eigenvalue weighted by molar-refractivity contribution is 14.0. The summed E-state index contributed by atoms with van der Waals surface area (Å²) in [6.07, 6.45) is 2.04. The third kappa shape index (κ3) is 7.08. The van der Waals surface area contributed by atoms with Gasteiger partial charge in [-0.05, 0) is 37.8 Å². The van der Waals surface area contributed by atoms with E-state index >= 15 is 0 Å². The van der Waals surface area contributed by atoms with E-state index in [0.717, 1.165) is 84.5 Å². The predicted molar refractivity (Wildman–Crippen MR) is 130 cm³/mol. The first kappa shape index (κ1) is 24.4. The Hall–Kier alpha value is -0.900. The summed E-state index contributed by atoms with van der Waals surface area (Å²) in [6.45, 7) is 13.2. The molecule has 7 heteroatoms. The Balaban J connectivity index is 0.00000300. The van der Waals surface area contributed by atoms with Crippen LogP contribution in [0.1, 0.15) is 30.9 Å². The molecule has 2 aliphatic heterocycles. The van der Waals surface area contributed by atoms with Crippen molar-refractivity contribution in [3.63, 3.8) is 0 Å². The van der Waals surface area contributed by atoms with Gasteiger partial charge in [-0.1, -0.05) is 24.3 Å². The fraction of sp³-hybridized carbons (Fsp3) is 0.682. The van der Waals surface area contributed by atoms with Crippen LogP contribution < -0.4 is 10.6 Å². The second-order valence-electron chi connectivity index (χ2n) is 7.78. The van der Waals surface area contributed by atoms with Crippen LogP contribution in [-0.4, -0.2) is 76.6 Å². The molecule has 0 spiro atoms. The molecule has 3 rings (SSSR count). The van der Waals surface area contributed by atoms with E-state index in [0.29, 0.717) is 0 Å². The molecule has 0 atom stereocenters. The van der Waals surface area contributed by atoms with Crippen LogP contribution in [0.15, 0.2) is 29.3 Å². The number of aryl methyl sites for hydroxylation is 1. The second-order valence-corrected chi connectivity index (χ2v) is 7.78. The van der Waals surface area contributed by atoms with Crippen molar-refractivity contribution in [1.29, 1.82) is 0 Å². The van der Waals surface area contributed by atoms with Crippen LogP contribution >= 0.6 is 24.0 Å². The zero-order valence-corrected chi connectivity index (χ0v) is 20.2. The maximum absolute atomic E-state index is 5.68. The highest BCUT2D eigenvalue weighted by Crippen LogP contribution is 2.36.